The summed E-state index contributed by atoms with van der Waals surface area (Å²) in [7, 11) is 0. The molecule has 1 aliphatic heterocycles. The molecule has 0 aromatic carbocycles. The summed E-state index contributed by atoms with van der Waals surface area (Å²) in [5.74, 6) is 0.457. The molecule has 23 heavy (non-hydrogen) atoms. The number of hydrogen-bond acceptors (Lipinski definition) is 5. The Balaban J connectivity index is 1.50. The summed E-state index contributed by atoms with van der Waals surface area (Å²) in [6.07, 6.45) is 4.62. The van der Waals surface area contributed by atoms with Gasteiger partial charge in [0.2, 0.25) is 0 Å². The van der Waals surface area contributed by atoms with Gasteiger partial charge in [-0.2, -0.15) is 0 Å². The fourth-order valence-electron chi connectivity index (χ4n) is 2.49. The quantitative estimate of drug-likeness (QED) is 0.564. The molecule has 8 nitrogen and oxygen atoms in total. The number of hydrogen-bond donors (Lipinski definition) is 1. The summed E-state index contributed by atoms with van der Waals surface area (Å²) in [4.78, 5) is 25.5. The maximum Gasteiger partial charge on any atom is 0.324 e. The van der Waals surface area contributed by atoms with Crippen LogP contribution in [0.5, 0.6) is 0 Å². The zero-order valence-corrected chi connectivity index (χ0v) is 13.6. The number of nitrogens with zero attached hydrogens (tertiary/aromatic N) is 4. The third kappa shape index (κ3) is 3.87. The van der Waals surface area contributed by atoms with E-state index in [9.17, 15) is 9.59 Å². The molecule has 1 aliphatic carbocycles. The number of carbonyl (C=O) groups excluding carboxylic acids is 2. The Kier molecular flexibility index (Phi) is 4.61. The molecular formula is C15H23N5O3. The number of carbonyl (C=O) groups is 2. The number of aromatic nitrogens is 3. The first kappa shape index (κ1) is 15.9. The summed E-state index contributed by atoms with van der Waals surface area (Å²) < 4.78 is 7.24. The van der Waals surface area contributed by atoms with Gasteiger partial charge in [0.1, 0.15) is 6.04 Å². The van der Waals surface area contributed by atoms with Crippen molar-refractivity contribution in [3.63, 3.8) is 0 Å². The zero-order valence-electron chi connectivity index (χ0n) is 13.6. The van der Waals surface area contributed by atoms with Gasteiger partial charge in [-0.1, -0.05) is 5.21 Å². The molecule has 8 heteroatoms. The van der Waals surface area contributed by atoms with E-state index in [1.165, 1.54) is 17.7 Å². The first-order valence-electron chi connectivity index (χ1n) is 8.15. The number of amides is 3. The van der Waals surface area contributed by atoms with Crippen LogP contribution in [-0.2, 0) is 16.0 Å². The van der Waals surface area contributed by atoms with Crippen LogP contribution in [0, 0.1) is 5.92 Å². The average Bonchev–Trinajstić information content (AvgIpc) is 3.14. The molecule has 0 spiro atoms. The van der Waals surface area contributed by atoms with Crippen molar-refractivity contribution < 1.29 is 14.3 Å². The fourth-order valence-corrected chi connectivity index (χ4v) is 2.49. The second kappa shape index (κ2) is 6.66. The van der Waals surface area contributed by atoms with Crippen LogP contribution in [-0.4, -0.2) is 57.6 Å². The van der Waals surface area contributed by atoms with Crippen LogP contribution in [0.25, 0.3) is 0 Å². The molecule has 1 N–H and O–H groups in total. The lowest BCUT2D eigenvalue weighted by Gasteiger charge is -2.12. The van der Waals surface area contributed by atoms with Gasteiger partial charge in [-0.15, -0.1) is 5.10 Å². The Bertz CT molecular complexity index is 581. The van der Waals surface area contributed by atoms with Crippen molar-refractivity contribution in [1.82, 2.24) is 25.2 Å². The topological polar surface area (TPSA) is 89.4 Å². The summed E-state index contributed by atoms with van der Waals surface area (Å²) in [5, 5.41) is 10.8. The molecule has 1 saturated carbocycles. The van der Waals surface area contributed by atoms with Crippen LogP contribution >= 0.6 is 0 Å². The van der Waals surface area contributed by atoms with Gasteiger partial charge in [-0.3, -0.25) is 9.69 Å². The monoisotopic (exact) mass is 321 g/mol. The number of ether oxygens (including phenoxy) is 1. The molecule has 3 rings (SSSR count). The lowest BCUT2D eigenvalue weighted by Crippen LogP contribution is -2.35. The Hall–Kier alpha value is -1.96. The minimum absolute atomic E-state index is 0.213. The molecule has 3 amide bonds. The van der Waals surface area contributed by atoms with E-state index in [1.54, 1.807) is 4.68 Å². The van der Waals surface area contributed by atoms with E-state index in [1.807, 2.05) is 20.0 Å². The van der Waals surface area contributed by atoms with Crippen LogP contribution in [0.3, 0.4) is 0 Å². The lowest BCUT2D eigenvalue weighted by atomic mass is 10.1. The first-order valence-corrected chi connectivity index (χ1v) is 8.15. The molecule has 0 bridgehead atoms. The van der Waals surface area contributed by atoms with Crippen molar-refractivity contribution in [3.05, 3.63) is 11.9 Å². The minimum atomic E-state index is -0.566. The van der Waals surface area contributed by atoms with Crippen molar-refractivity contribution >= 4 is 11.9 Å². The van der Waals surface area contributed by atoms with Crippen LogP contribution in [0.1, 0.15) is 38.4 Å². The van der Waals surface area contributed by atoms with Crippen molar-refractivity contribution in [2.75, 3.05) is 19.8 Å². The highest BCUT2D eigenvalue weighted by atomic mass is 16.5. The summed E-state index contributed by atoms with van der Waals surface area (Å²) in [6.45, 7) is 5.43. The second-order valence-electron chi connectivity index (χ2n) is 6.50. The van der Waals surface area contributed by atoms with Gasteiger partial charge in [-0.25, -0.2) is 9.48 Å². The van der Waals surface area contributed by atoms with Crippen molar-refractivity contribution in [2.24, 2.45) is 5.92 Å². The minimum Gasteiger partial charge on any atom is -0.379 e. The van der Waals surface area contributed by atoms with Gasteiger partial charge in [0, 0.05) is 25.3 Å². The molecule has 1 aromatic heterocycles. The SMILES string of the molecule is CC(C)n1cc(CC2NC(=O)N(CCOCC3CC3)C2=O)nn1. The van der Waals surface area contributed by atoms with E-state index in [2.05, 4.69) is 15.6 Å². The van der Waals surface area contributed by atoms with E-state index in [4.69, 9.17) is 4.74 Å². The van der Waals surface area contributed by atoms with Crippen molar-refractivity contribution in [2.45, 2.75) is 45.2 Å². The largest absolute Gasteiger partial charge is 0.379 e. The third-order valence-electron chi connectivity index (χ3n) is 4.12. The highest BCUT2D eigenvalue weighted by Gasteiger charge is 2.38. The molecule has 2 aliphatic rings. The average molecular weight is 321 g/mol. The Labute approximate surface area is 135 Å². The first-order chi connectivity index (χ1) is 11.0. The smallest absolute Gasteiger partial charge is 0.324 e. The summed E-state index contributed by atoms with van der Waals surface area (Å²) in [5.41, 5.74) is 0.698. The van der Waals surface area contributed by atoms with Gasteiger partial charge in [-0.05, 0) is 32.6 Å². The molecule has 2 heterocycles. The zero-order chi connectivity index (χ0) is 16.4. The number of rotatable bonds is 8. The number of imide groups is 1. The number of nitrogens with one attached hydrogen (secondary N) is 1. The third-order valence-corrected chi connectivity index (χ3v) is 4.12. The predicted octanol–water partition coefficient (Wildman–Crippen LogP) is 0.748. The van der Waals surface area contributed by atoms with Crippen LogP contribution in [0.15, 0.2) is 6.20 Å². The maximum absolute atomic E-state index is 12.3. The molecule has 1 saturated heterocycles. The second-order valence-corrected chi connectivity index (χ2v) is 6.50. The summed E-state index contributed by atoms with van der Waals surface area (Å²) in [6, 6.07) is -0.709. The molecule has 1 aromatic rings. The number of urea groups is 1. The Morgan fingerprint density at radius 2 is 2.17 bits per heavy atom. The van der Waals surface area contributed by atoms with Crippen molar-refractivity contribution in [1.29, 1.82) is 0 Å². The highest BCUT2D eigenvalue weighted by Crippen LogP contribution is 2.28. The predicted molar refractivity (Wildman–Crippen MR) is 81.7 cm³/mol. The van der Waals surface area contributed by atoms with Gasteiger partial charge in [0.15, 0.2) is 0 Å². The van der Waals surface area contributed by atoms with Crippen LogP contribution in [0.2, 0.25) is 0 Å². The van der Waals surface area contributed by atoms with Gasteiger partial charge in [0.25, 0.3) is 5.91 Å². The van der Waals surface area contributed by atoms with E-state index in [0.717, 1.165) is 6.61 Å². The standard InChI is InChI=1S/C15H23N5O3/c1-10(2)20-8-12(17-18-20)7-13-14(21)19(15(22)16-13)5-6-23-9-11-3-4-11/h8,10-11,13H,3-7,9H2,1-2H3,(H,16,22). The molecule has 1 unspecified atom stereocenters. The van der Waals surface area contributed by atoms with E-state index in [-0.39, 0.29) is 18.0 Å². The maximum atomic E-state index is 12.3. The highest BCUT2D eigenvalue weighted by molar-refractivity contribution is 6.04. The molecule has 1 atom stereocenters. The normalized spacial score (nSPS) is 21.3. The molecular weight excluding hydrogens is 298 g/mol. The van der Waals surface area contributed by atoms with Crippen LogP contribution in [0.4, 0.5) is 4.79 Å². The molecule has 2 fully saturated rings. The Morgan fingerprint density at radius 1 is 1.39 bits per heavy atom. The van der Waals surface area contributed by atoms with Gasteiger partial charge < -0.3 is 10.1 Å². The Morgan fingerprint density at radius 3 is 2.83 bits per heavy atom. The van der Waals surface area contributed by atoms with E-state index < -0.39 is 6.04 Å². The lowest BCUT2D eigenvalue weighted by molar-refractivity contribution is -0.128. The summed E-state index contributed by atoms with van der Waals surface area (Å²) >= 11 is 0. The fraction of sp³-hybridized carbons (Fsp3) is 0.733. The molecule has 126 valence electrons. The van der Waals surface area contributed by atoms with Gasteiger partial charge in [0.05, 0.1) is 18.8 Å². The molecule has 0 radical (unpaired) electrons. The van der Waals surface area contributed by atoms with E-state index in [0.29, 0.717) is 31.2 Å². The van der Waals surface area contributed by atoms with E-state index >= 15 is 0 Å². The van der Waals surface area contributed by atoms with Crippen LogP contribution < -0.4 is 5.32 Å². The van der Waals surface area contributed by atoms with Gasteiger partial charge >= 0.3 is 6.03 Å². The van der Waals surface area contributed by atoms with Crippen molar-refractivity contribution in [3.8, 4) is 0 Å².